The molecule has 1 N–H and O–H groups in total. The molecule has 0 aliphatic carbocycles. The number of oxime groups is 1. The molecule has 3 aromatic rings. The van der Waals surface area contributed by atoms with Crippen molar-refractivity contribution < 1.29 is 18.8 Å². The minimum atomic E-state index is -0.660. The van der Waals surface area contributed by atoms with Crippen molar-refractivity contribution >= 4 is 28.9 Å². The van der Waals surface area contributed by atoms with E-state index in [9.17, 15) is 9.59 Å². The third-order valence-electron chi connectivity index (χ3n) is 5.32. The van der Waals surface area contributed by atoms with Gasteiger partial charge < -0.3 is 19.5 Å². The van der Waals surface area contributed by atoms with Gasteiger partial charge in [-0.15, -0.1) is 0 Å². The van der Waals surface area contributed by atoms with Gasteiger partial charge in [0.1, 0.15) is 6.26 Å². The van der Waals surface area contributed by atoms with E-state index >= 15 is 0 Å². The summed E-state index contributed by atoms with van der Waals surface area (Å²) in [6.07, 6.45) is 3.42. The summed E-state index contributed by atoms with van der Waals surface area (Å²) in [5.41, 5.74) is 4.77. The molecule has 7 nitrogen and oxygen atoms in total. The van der Waals surface area contributed by atoms with E-state index < -0.39 is 6.10 Å². The summed E-state index contributed by atoms with van der Waals surface area (Å²) in [5, 5.41) is 6.97. The van der Waals surface area contributed by atoms with E-state index in [2.05, 4.69) is 10.5 Å². The minimum Gasteiger partial charge on any atom is -0.472 e. The molecule has 1 atom stereocenters. The van der Waals surface area contributed by atoms with Crippen LogP contribution < -0.4 is 10.2 Å². The van der Waals surface area contributed by atoms with Gasteiger partial charge in [-0.3, -0.25) is 9.59 Å². The van der Waals surface area contributed by atoms with Crippen LogP contribution in [0.4, 0.5) is 11.4 Å². The van der Waals surface area contributed by atoms with Crippen LogP contribution in [0.1, 0.15) is 27.9 Å². The highest BCUT2D eigenvalue weighted by Crippen LogP contribution is 2.32. The highest BCUT2D eigenvalue weighted by molar-refractivity contribution is 6.08. The van der Waals surface area contributed by atoms with Crippen molar-refractivity contribution in [3.05, 3.63) is 83.8 Å². The molecule has 5 rings (SSSR count). The Hall–Kier alpha value is -3.87. The molecular weight excluding hydrogens is 382 g/mol. The first-order chi connectivity index (χ1) is 14.7. The summed E-state index contributed by atoms with van der Waals surface area (Å²) >= 11 is 0. The molecule has 0 radical (unpaired) electrons. The summed E-state index contributed by atoms with van der Waals surface area (Å²) in [6, 6.07) is 16.9. The van der Waals surface area contributed by atoms with Crippen LogP contribution in [0.2, 0.25) is 0 Å². The number of anilines is 2. The molecule has 2 aromatic carbocycles. The lowest BCUT2D eigenvalue weighted by Gasteiger charge is -2.17. The molecule has 2 aliphatic rings. The highest BCUT2D eigenvalue weighted by Gasteiger charge is 2.30. The Morgan fingerprint density at radius 1 is 1.10 bits per heavy atom. The molecular formula is C23H19N3O4. The maximum atomic E-state index is 12.6. The minimum absolute atomic E-state index is 0.0933. The summed E-state index contributed by atoms with van der Waals surface area (Å²) in [4.78, 5) is 32.3. The van der Waals surface area contributed by atoms with E-state index in [1.807, 2.05) is 42.5 Å². The molecule has 150 valence electrons. The Labute approximate surface area is 172 Å². The average Bonchev–Trinajstić information content (AvgIpc) is 3.54. The van der Waals surface area contributed by atoms with Crippen LogP contribution in [0, 0.1) is 0 Å². The zero-order chi connectivity index (χ0) is 20.5. The van der Waals surface area contributed by atoms with Crippen LogP contribution in [0.3, 0.4) is 0 Å². The van der Waals surface area contributed by atoms with E-state index in [1.165, 1.54) is 12.5 Å². The van der Waals surface area contributed by atoms with E-state index in [0.29, 0.717) is 24.2 Å². The van der Waals surface area contributed by atoms with Crippen LogP contribution in [0.15, 0.2) is 76.7 Å². The monoisotopic (exact) mass is 401 g/mol. The molecule has 7 heteroatoms. The van der Waals surface area contributed by atoms with Crippen LogP contribution >= 0.6 is 0 Å². The van der Waals surface area contributed by atoms with Crippen LogP contribution in [-0.2, 0) is 16.1 Å². The summed E-state index contributed by atoms with van der Waals surface area (Å²) in [6.45, 7) is 0.594. The third-order valence-corrected chi connectivity index (χ3v) is 5.32. The lowest BCUT2D eigenvalue weighted by atomic mass is 10.0. The van der Waals surface area contributed by atoms with Crippen molar-refractivity contribution in [2.75, 3.05) is 16.8 Å². The first kappa shape index (κ1) is 18.2. The standard InChI is InChI=1S/C23H19N3O4/c27-22(21-13-19(25-30-21)15-4-2-1-3-5-15)24-18-6-7-20-16(12-18)8-10-26(20)23(28)17-9-11-29-14-17/h1-7,9,11-12,14,21H,8,10,13H2,(H,24,27). The smallest absolute Gasteiger partial charge is 0.268 e. The Morgan fingerprint density at radius 3 is 2.77 bits per heavy atom. The largest absolute Gasteiger partial charge is 0.472 e. The lowest BCUT2D eigenvalue weighted by molar-refractivity contribution is -0.125. The van der Waals surface area contributed by atoms with Gasteiger partial charge in [0, 0.05) is 24.3 Å². The molecule has 0 bridgehead atoms. The molecule has 3 heterocycles. The second kappa shape index (κ2) is 7.51. The molecule has 30 heavy (non-hydrogen) atoms. The Bertz CT molecular complexity index is 1120. The van der Waals surface area contributed by atoms with Crippen LogP contribution in [-0.4, -0.2) is 30.2 Å². The number of nitrogens with zero attached hydrogens (tertiary/aromatic N) is 2. The number of hydrogen-bond acceptors (Lipinski definition) is 5. The van der Waals surface area contributed by atoms with Crippen LogP contribution in [0.25, 0.3) is 0 Å². The Morgan fingerprint density at radius 2 is 1.97 bits per heavy atom. The van der Waals surface area contributed by atoms with Crippen molar-refractivity contribution in [3.63, 3.8) is 0 Å². The number of nitrogens with one attached hydrogen (secondary N) is 1. The molecule has 1 aromatic heterocycles. The van der Waals surface area contributed by atoms with Crippen molar-refractivity contribution in [1.29, 1.82) is 0 Å². The normalized spacial score (nSPS) is 17.3. The number of amides is 2. The lowest BCUT2D eigenvalue weighted by Crippen LogP contribution is -2.28. The molecule has 1 unspecified atom stereocenters. The van der Waals surface area contributed by atoms with E-state index in [0.717, 1.165) is 28.9 Å². The van der Waals surface area contributed by atoms with Gasteiger partial charge in [-0.1, -0.05) is 35.5 Å². The second-order valence-corrected chi connectivity index (χ2v) is 7.25. The fourth-order valence-corrected chi connectivity index (χ4v) is 3.77. The molecule has 0 saturated heterocycles. The van der Waals surface area contributed by atoms with Gasteiger partial charge in [0.05, 0.1) is 17.5 Å². The zero-order valence-corrected chi connectivity index (χ0v) is 16.1. The highest BCUT2D eigenvalue weighted by atomic mass is 16.6. The molecule has 2 aliphatic heterocycles. The molecule has 2 amide bonds. The molecule has 0 fully saturated rings. The number of hydrogen-bond donors (Lipinski definition) is 1. The number of carbonyl (C=O) groups is 2. The van der Waals surface area contributed by atoms with Crippen molar-refractivity contribution in [3.8, 4) is 0 Å². The van der Waals surface area contributed by atoms with Gasteiger partial charge in [0.15, 0.2) is 0 Å². The molecule has 0 saturated carbocycles. The van der Waals surface area contributed by atoms with E-state index in [4.69, 9.17) is 9.25 Å². The van der Waals surface area contributed by atoms with Gasteiger partial charge >= 0.3 is 0 Å². The van der Waals surface area contributed by atoms with Gasteiger partial charge in [-0.25, -0.2) is 0 Å². The summed E-state index contributed by atoms with van der Waals surface area (Å²) in [5.74, 6) is -0.335. The van der Waals surface area contributed by atoms with Gasteiger partial charge in [-0.2, -0.15) is 0 Å². The SMILES string of the molecule is O=C(Nc1ccc2c(c1)CCN2C(=O)c1ccoc1)C1CC(c2ccccc2)=NO1. The summed E-state index contributed by atoms with van der Waals surface area (Å²) < 4.78 is 5.01. The number of benzene rings is 2. The fraction of sp³-hybridized carbons (Fsp3) is 0.174. The first-order valence-electron chi connectivity index (χ1n) is 9.75. The van der Waals surface area contributed by atoms with E-state index in [-0.39, 0.29) is 11.8 Å². The predicted octanol–water partition coefficient (Wildman–Crippen LogP) is 3.61. The predicted molar refractivity (Wildman–Crippen MR) is 112 cm³/mol. The average molecular weight is 401 g/mol. The summed E-state index contributed by atoms with van der Waals surface area (Å²) in [7, 11) is 0. The first-order valence-corrected chi connectivity index (χ1v) is 9.75. The van der Waals surface area contributed by atoms with E-state index in [1.54, 1.807) is 17.0 Å². The number of furan rings is 1. The van der Waals surface area contributed by atoms with Crippen LogP contribution in [0.5, 0.6) is 0 Å². The Balaban J connectivity index is 1.25. The maximum absolute atomic E-state index is 12.6. The van der Waals surface area contributed by atoms with Gasteiger partial charge in [0.25, 0.3) is 11.8 Å². The fourth-order valence-electron chi connectivity index (χ4n) is 3.77. The van der Waals surface area contributed by atoms with Gasteiger partial charge in [-0.05, 0) is 41.8 Å². The topological polar surface area (TPSA) is 84.1 Å². The number of rotatable bonds is 4. The van der Waals surface area contributed by atoms with Gasteiger partial charge in [0.2, 0.25) is 6.10 Å². The van der Waals surface area contributed by atoms with Crippen molar-refractivity contribution in [1.82, 2.24) is 0 Å². The zero-order valence-electron chi connectivity index (χ0n) is 16.1. The van der Waals surface area contributed by atoms with Crippen molar-refractivity contribution in [2.24, 2.45) is 5.16 Å². The third kappa shape index (κ3) is 3.34. The maximum Gasteiger partial charge on any atom is 0.268 e. The second-order valence-electron chi connectivity index (χ2n) is 7.25. The number of carbonyl (C=O) groups excluding carboxylic acids is 2. The number of fused-ring (bicyclic) bond motifs is 1. The van der Waals surface area contributed by atoms with Crippen molar-refractivity contribution in [2.45, 2.75) is 18.9 Å². The molecule has 0 spiro atoms. The Kier molecular flexibility index (Phi) is 4.55. The quantitative estimate of drug-likeness (QED) is 0.724.